The lowest BCUT2D eigenvalue weighted by Crippen LogP contribution is -2.45. The van der Waals surface area contributed by atoms with Crippen molar-refractivity contribution in [1.82, 2.24) is 9.80 Å². The zero-order chi connectivity index (χ0) is 28.5. The highest BCUT2D eigenvalue weighted by Gasteiger charge is 2.29. The number of piperazine rings is 1. The normalized spacial score (nSPS) is 16.4. The summed E-state index contributed by atoms with van der Waals surface area (Å²) in [5, 5.41) is 2.71. The minimum Gasteiger partial charge on any atom is -0.459 e. The SMILES string of the molecule is C=C(C=C(C)C(=O)Nc1ccc(CN2CCN(CC)CC2)c(C(C)(F)F)c1)OC(=C)/C=C(\C)N=C(C)CC. The van der Waals surface area contributed by atoms with Crippen molar-refractivity contribution in [3.05, 3.63) is 77.4 Å². The molecule has 2 rings (SSSR count). The number of benzene rings is 1. The second-order valence-corrected chi connectivity index (χ2v) is 9.77. The molecule has 1 N–H and O–H groups in total. The van der Waals surface area contributed by atoms with Gasteiger partial charge in [-0.2, -0.15) is 0 Å². The van der Waals surface area contributed by atoms with Crippen molar-refractivity contribution in [1.29, 1.82) is 0 Å². The summed E-state index contributed by atoms with van der Waals surface area (Å²) < 4.78 is 34.6. The molecule has 1 aliphatic rings. The third-order valence-electron chi connectivity index (χ3n) is 6.39. The number of alkyl halides is 2. The number of allylic oxidation sites excluding steroid dienone is 3. The maximum absolute atomic E-state index is 14.5. The van der Waals surface area contributed by atoms with Gasteiger partial charge in [-0.15, -0.1) is 0 Å². The number of rotatable bonds is 12. The molecule has 38 heavy (non-hydrogen) atoms. The van der Waals surface area contributed by atoms with Crippen molar-refractivity contribution in [2.24, 2.45) is 4.99 Å². The average molecular weight is 529 g/mol. The summed E-state index contributed by atoms with van der Waals surface area (Å²) in [6.45, 7) is 23.1. The largest absolute Gasteiger partial charge is 0.459 e. The fourth-order valence-electron chi connectivity index (χ4n) is 4.11. The predicted octanol–water partition coefficient (Wildman–Crippen LogP) is 6.64. The van der Waals surface area contributed by atoms with Gasteiger partial charge in [0.05, 0.1) is 0 Å². The Hall–Kier alpha value is -3.10. The number of nitrogens with zero attached hydrogens (tertiary/aromatic N) is 3. The fourth-order valence-corrected chi connectivity index (χ4v) is 4.11. The van der Waals surface area contributed by atoms with Crippen molar-refractivity contribution < 1.29 is 18.3 Å². The first kappa shape index (κ1) is 31.1. The number of halogens is 2. The van der Waals surface area contributed by atoms with Crippen LogP contribution in [0.3, 0.4) is 0 Å². The minimum absolute atomic E-state index is 0.0815. The van der Waals surface area contributed by atoms with Crippen LogP contribution in [0.4, 0.5) is 14.5 Å². The van der Waals surface area contributed by atoms with E-state index in [0.717, 1.165) is 57.5 Å². The summed E-state index contributed by atoms with van der Waals surface area (Å²) in [5.74, 6) is -2.92. The molecular formula is C30H42F2N4O2. The second kappa shape index (κ2) is 14.2. The van der Waals surface area contributed by atoms with Crippen LogP contribution in [0.15, 0.2) is 71.3 Å². The van der Waals surface area contributed by atoms with Gasteiger partial charge in [0, 0.05) is 74.0 Å². The topological polar surface area (TPSA) is 57.2 Å². The Morgan fingerprint density at radius 3 is 2.26 bits per heavy atom. The number of carbonyl (C=O) groups excluding carboxylic acids is 1. The molecule has 1 aromatic rings. The molecule has 1 aliphatic heterocycles. The van der Waals surface area contributed by atoms with Gasteiger partial charge in [-0.1, -0.05) is 33.1 Å². The fraction of sp³-hybridized carbons (Fsp3) is 0.467. The average Bonchev–Trinajstić information content (AvgIpc) is 2.84. The number of ether oxygens (including phenoxy) is 1. The van der Waals surface area contributed by atoms with Crippen molar-refractivity contribution in [3.63, 3.8) is 0 Å². The van der Waals surface area contributed by atoms with Gasteiger partial charge < -0.3 is 15.0 Å². The van der Waals surface area contributed by atoms with Crippen LogP contribution in [-0.4, -0.2) is 54.1 Å². The first-order chi connectivity index (χ1) is 17.8. The van der Waals surface area contributed by atoms with E-state index in [9.17, 15) is 13.6 Å². The molecule has 0 atom stereocenters. The Morgan fingerprint density at radius 2 is 1.68 bits per heavy atom. The van der Waals surface area contributed by atoms with Gasteiger partial charge in [0.2, 0.25) is 0 Å². The predicted molar refractivity (Wildman–Crippen MR) is 152 cm³/mol. The monoisotopic (exact) mass is 528 g/mol. The van der Waals surface area contributed by atoms with Crippen molar-refractivity contribution in [3.8, 4) is 0 Å². The molecule has 1 saturated heterocycles. The van der Waals surface area contributed by atoms with Gasteiger partial charge in [0.15, 0.2) is 0 Å². The smallest absolute Gasteiger partial charge is 0.270 e. The molecule has 0 unspecified atom stereocenters. The Morgan fingerprint density at radius 1 is 1.08 bits per heavy atom. The molecule has 1 aromatic carbocycles. The molecular weight excluding hydrogens is 486 g/mol. The Bertz CT molecular complexity index is 1110. The summed E-state index contributed by atoms with van der Waals surface area (Å²) >= 11 is 0. The molecule has 0 aromatic heterocycles. The summed E-state index contributed by atoms with van der Waals surface area (Å²) in [7, 11) is 0. The molecule has 0 aliphatic carbocycles. The van der Waals surface area contributed by atoms with E-state index in [0.29, 0.717) is 29.1 Å². The van der Waals surface area contributed by atoms with E-state index >= 15 is 0 Å². The van der Waals surface area contributed by atoms with Crippen molar-refractivity contribution in [2.45, 2.75) is 60.4 Å². The quantitative estimate of drug-likeness (QED) is 0.143. The van der Waals surface area contributed by atoms with Crippen molar-refractivity contribution in [2.75, 3.05) is 38.0 Å². The number of nitrogens with one attached hydrogen (secondary N) is 1. The molecule has 8 heteroatoms. The van der Waals surface area contributed by atoms with Gasteiger partial charge in [-0.3, -0.25) is 14.7 Å². The Kier molecular flexibility index (Phi) is 11.6. The highest BCUT2D eigenvalue weighted by molar-refractivity contribution is 6.03. The summed E-state index contributed by atoms with van der Waals surface area (Å²) in [4.78, 5) is 21.7. The molecule has 0 bridgehead atoms. The molecule has 1 heterocycles. The van der Waals surface area contributed by atoms with E-state index in [1.807, 2.05) is 20.8 Å². The lowest BCUT2D eigenvalue weighted by Gasteiger charge is -2.34. The van der Waals surface area contributed by atoms with Crippen LogP contribution in [0.1, 0.15) is 59.1 Å². The van der Waals surface area contributed by atoms with E-state index in [1.165, 1.54) is 12.1 Å². The van der Waals surface area contributed by atoms with E-state index in [4.69, 9.17) is 4.74 Å². The first-order valence-electron chi connectivity index (χ1n) is 13.1. The van der Waals surface area contributed by atoms with Gasteiger partial charge >= 0.3 is 0 Å². The summed E-state index contributed by atoms with van der Waals surface area (Å²) in [5.41, 5.74) is 2.83. The summed E-state index contributed by atoms with van der Waals surface area (Å²) in [6, 6.07) is 4.71. The number of amides is 1. The highest BCUT2D eigenvalue weighted by atomic mass is 19.3. The Labute approximate surface area is 226 Å². The van der Waals surface area contributed by atoms with E-state index in [1.54, 1.807) is 25.1 Å². The summed E-state index contributed by atoms with van der Waals surface area (Å²) in [6.07, 6.45) is 4.01. The van der Waals surface area contributed by atoms with Crippen LogP contribution in [0.25, 0.3) is 0 Å². The standard InChI is InChI=1S/C30H42F2N4O2/c1-9-22(4)33-23(5)18-25(7)38-24(6)17-21(3)29(37)34-27-12-11-26(28(19-27)30(8,31)32)20-36-15-13-35(10-2)14-16-36/h11-12,17-19H,6-7,9-10,13-16,20H2,1-5,8H3,(H,34,37)/b21-17?,23-18+,33-22?. The van der Waals surface area contributed by atoms with Crippen molar-refractivity contribution >= 4 is 17.3 Å². The second-order valence-electron chi connectivity index (χ2n) is 9.77. The van der Waals surface area contributed by atoms with Crippen LogP contribution in [0, 0.1) is 0 Å². The molecule has 6 nitrogen and oxygen atoms in total. The zero-order valence-electron chi connectivity index (χ0n) is 23.7. The van der Waals surface area contributed by atoms with Crippen LogP contribution in [0.5, 0.6) is 0 Å². The number of hydrogen-bond acceptors (Lipinski definition) is 5. The molecule has 1 amide bonds. The number of anilines is 1. The van der Waals surface area contributed by atoms with E-state index in [2.05, 4.69) is 40.2 Å². The molecule has 0 saturated carbocycles. The maximum Gasteiger partial charge on any atom is 0.270 e. The lowest BCUT2D eigenvalue weighted by molar-refractivity contribution is -0.112. The van der Waals surface area contributed by atoms with E-state index < -0.39 is 11.8 Å². The molecule has 0 spiro atoms. The third-order valence-corrected chi connectivity index (χ3v) is 6.39. The maximum atomic E-state index is 14.5. The molecule has 0 radical (unpaired) electrons. The Balaban J connectivity index is 2.07. The molecule has 208 valence electrons. The highest BCUT2D eigenvalue weighted by Crippen LogP contribution is 2.33. The number of hydrogen-bond donors (Lipinski definition) is 1. The van der Waals surface area contributed by atoms with E-state index in [-0.39, 0.29) is 11.3 Å². The van der Waals surface area contributed by atoms with Gasteiger partial charge in [-0.25, -0.2) is 8.78 Å². The first-order valence-corrected chi connectivity index (χ1v) is 13.1. The van der Waals surface area contributed by atoms with Gasteiger partial charge in [-0.05, 0) is 57.5 Å². The number of likely N-dealkylation sites (N-methyl/N-ethyl adjacent to an activating group) is 1. The van der Waals surface area contributed by atoms with Crippen LogP contribution in [0.2, 0.25) is 0 Å². The molecule has 1 fully saturated rings. The number of carbonyl (C=O) groups is 1. The van der Waals surface area contributed by atoms with Gasteiger partial charge in [0.25, 0.3) is 11.8 Å². The zero-order valence-corrected chi connectivity index (χ0v) is 23.7. The van der Waals surface area contributed by atoms with Crippen LogP contribution in [-0.2, 0) is 22.0 Å². The van der Waals surface area contributed by atoms with Crippen LogP contribution < -0.4 is 5.32 Å². The number of aliphatic imine (C=N–C) groups is 1. The van der Waals surface area contributed by atoms with Crippen LogP contribution >= 0.6 is 0 Å². The van der Waals surface area contributed by atoms with Gasteiger partial charge in [0.1, 0.15) is 11.5 Å². The lowest BCUT2D eigenvalue weighted by atomic mass is 10.0. The third kappa shape index (κ3) is 9.99. The minimum atomic E-state index is -3.04.